The smallest absolute Gasteiger partial charge is 0.354 e. The zero-order valence-corrected chi connectivity index (χ0v) is 10.2. The van der Waals surface area contributed by atoms with Gasteiger partial charge >= 0.3 is 5.97 Å². The van der Waals surface area contributed by atoms with Crippen molar-refractivity contribution < 1.29 is 14.5 Å². The van der Waals surface area contributed by atoms with Gasteiger partial charge in [-0.1, -0.05) is 30.3 Å². The van der Waals surface area contributed by atoms with Gasteiger partial charge in [0, 0.05) is 5.56 Å². The first-order valence-corrected chi connectivity index (χ1v) is 5.43. The predicted molar refractivity (Wildman–Crippen MR) is 70.6 cm³/mol. The van der Waals surface area contributed by atoms with Gasteiger partial charge < -0.3 is 16.6 Å². The van der Waals surface area contributed by atoms with Gasteiger partial charge in [-0.05, 0) is 10.3 Å². The number of carboxylic acid groups (broad SMARTS) is 1. The van der Waals surface area contributed by atoms with E-state index in [1.165, 1.54) is 0 Å². The number of carboxylic acids is 1. The number of nitrogen functional groups attached to an aromatic ring is 1. The molecule has 1 heterocycles. The first-order chi connectivity index (χ1) is 9.52. The van der Waals surface area contributed by atoms with Crippen LogP contribution in [0.3, 0.4) is 0 Å². The highest BCUT2D eigenvalue weighted by Crippen LogP contribution is 2.26. The molecule has 1 aromatic carbocycles. The second-order valence-corrected chi connectivity index (χ2v) is 3.78. The van der Waals surface area contributed by atoms with Gasteiger partial charge in [0.1, 0.15) is 5.70 Å². The maximum absolute atomic E-state index is 11.1. The third kappa shape index (κ3) is 2.37. The molecule has 0 saturated heterocycles. The van der Waals surface area contributed by atoms with Crippen LogP contribution in [-0.4, -0.2) is 21.4 Å². The average Bonchev–Trinajstić information content (AvgIpc) is 2.86. The van der Waals surface area contributed by atoms with Gasteiger partial charge in [-0.2, -0.15) is 0 Å². The van der Waals surface area contributed by atoms with Gasteiger partial charge in [-0.15, -0.1) is 0 Å². The molecule has 0 aliphatic carbocycles. The third-order valence-corrected chi connectivity index (χ3v) is 2.50. The molecule has 0 aliphatic rings. The molecule has 0 spiro atoms. The molecule has 7 N–H and O–H groups in total. The summed E-state index contributed by atoms with van der Waals surface area (Å²) in [6.07, 6.45) is 0. The Labute approximate surface area is 113 Å². The van der Waals surface area contributed by atoms with E-state index < -0.39 is 11.7 Å². The summed E-state index contributed by atoms with van der Waals surface area (Å²) in [5.41, 5.74) is 11.2. The monoisotopic (exact) mass is 276 g/mol. The predicted octanol–water partition coefficient (Wildman–Crippen LogP) is -0.256. The van der Waals surface area contributed by atoms with Gasteiger partial charge in [0.05, 0.1) is 5.70 Å². The summed E-state index contributed by atoms with van der Waals surface area (Å²) in [7, 11) is 0. The van der Waals surface area contributed by atoms with Crippen LogP contribution in [0.4, 0.5) is 11.6 Å². The average molecular weight is 276 g/mol. The maximum Gasteiger partial charge on any atom is 0.354 e. The molecule has 0 radical (unpaired) electrons. The van der Waals surface area contributed by atoms with Crippen LogP contribution in [0, 0.1) is 0 Å². The lowest BCUT2D eigenvalue weighted by molar-refractivity contribution is -0.132. The van der Waals surface area contributed by atoms with E-state index in [0.717, 1.165) is 5.01 Å². The third-order valence-electron chi connectivity index (χ3n) is 2.50. The lowest BCUT2D eigenvalue weighted by Gasteiger charge is -2.20. The van der Waals surface area contributed by atoms with Crippen molar-refractivity contribution in [1.29, 1.82) is 0 Å². The minimum absolute atomic E-state index is 0.0282. The molecule has 0 bridgehead atoms. The lowest BCUT2D eigenvalue weighted by Crippen LogP contribution is -2.33. The quantitative estimate of drug-likeness (QED) is 0.335. The Morgan fingerprint density at radius 1 is 1.25 bits per heavy atom. The fraction of sp³-hybridized carbons (Fsp3) is 0. The minimum atomic E-state index is -1.32. The van der Waals surface area contributed by atoms with E-state index in [4.69, 9.17) is 22.4 Å². The van der Waals surface area contributed by atoms with E-state index in [-0.39, 0.29) is 17.3 Å². The lowest BCUT2D eigenvalue weighted by atomic mass is 10.1. The number of carbonyl (C=O) groups is 1. The summed E-state index contributed by atoms with van der Waals surface area (Å²) in [6, 6.07) is 8.49. The fourth-order valence-corrected chi connectivity index (χ4v) is 1.59. The van der Waals surface area contributed by atoms with Crippen molar-refractivity contribution in [2.75, 3.05) is 10.7 Å². The van der Waals surface area contributed by atoms with Gasteiger partial charge in [-0.3, -0.25) is 5.01 Å². The molecule has 0 saturated carbocycles. The SMILES string of the molecule is N/C(C(=O)O)=C(/c1ccccc1)N(N)c1nonc1N. The van der Waals surface area contributed by atoms with E-state index in [0.29, 0.717) is 5.56 Å². The highest BCUT2D eigenvalue weighted by Gasteiger charge is 2.23. The summed E-state index contributed by atoms with van der Waals surface area (Å²) in [4.78, 5) is 11.1. The number of hydrogen-bond acceptors (Lipinski definition) is 8. The zero-order chi connectivity index (χ0) is 14.7. The van der Waals surface area contributed by atoms with Crippen molar-refractivity contribution in [3.8, 4) is 0 Å². The number of rotatable bonds is 4. The number of hydrazine groups is 1. The molecular formula is C11H12N6O3. The number of anilines is 2. The second-order valence-electron chi connectivity index (χ2n) is 3.78. The molecule has 0 amide bonds. The molecular weight excluding hydrogens is 264 g/mol. The molecule has 0 fully saturated rings. The van der Waals surface area contributed by atoms with E-state index in [1.807, 2.05) is 0 Å². The van der Waals surface area contributed by atoms with Crippen LogP contribution in [0.15, 0.2) is 40.7 Å². The zero-order valence-electron chi connectivity index (χ0n) is 10.2. The van der Waals surface area contributed by atoms with Crippen molar-refractivity contribution in [3.63, 3.8) is 0 Å². The number of hydrogen-bond donors (Lipinski definition) is 4. The van der Waals surface area contributed by atoms with Crippen molar-refractivity contribution in [2.24, 2.45) is 11.6 Å². The van der Waals surface area contributed by atoms with Crippen LogP contribution >= 0.6 is 0 Å². The molecule has 20 heavy (non-hydrogen) atoms. The summed E-state index contributed by atoms with van der Waals surface area (Å²) < 4.78 is 4.44. The van der Waals surface area contributed by atoms with E-state index in [2.05, 4.69) is 14.9 Å². The van der Waals surface area contributed by atoms with Crippen LogP contribution in [0.1, 0.15) is 5.56 Å². The minimum Gasteiger partial charge on any atom is -0.477 e. The number of nitrogens with two attached hydrogens (primary N) is 3. The molecule has 0 atom stereocenters. The number of aliphatic carboxylic acids is 1. The van der Waals surface area contributed by atoms with Gasteiger partial charge in [0.15, 0.2) is 0 Å². The van der Waals surface area contributed by atoms with Crippen LogP contribution < -0.4 is 22.3 Å². The molecule has 1 aromatic heterocycles. The molecule has 0 unspecified atom stereocenters. The first kappa shape index (κ1) is 13.4. The molecule has 9 nitrogen and oxygen atoms in total. The fourth-order valence-electron chi connectivity index (χ4n) is 1.59. The Bertz CT molecular complexity index is 651. The summed E-state index contributed by atoms with van der Waals surface area (Å²) in [6.45, 7) is 0. The van der Waals surface area contributed by atoms with Gasteiger partial charge in [-0.25, -0.2) is 15.3 Å². The molecule has 0 aliphatic heterocycles. The van der Waals surface area contributed by atoms with E-state index in [1.54, 1.807) is 30.3 Å². The highest BCUT2D eigenvalue weighted by molar-refractivity contribution is 5.98. The summed E-state index contributed by atoms with van der Waals surface area (Å²) in [5, 5.41) is 16.9. The van der Waals surface area contributed by atoms with Crippen molar-refractivity contribution in [1.82, 2.24) is 10.3 Å². The topological polar surface area (TPSA) is 158 Å². The van der Waals surface area contributed by atoms with Crippen LogP contribution in [-0.2, 0) is 4.79 Å². The summed E-state index contributed by atoms with van der Waals surface area (Å²) >= 11 is 0. The molecule has 9 heteroatoms. The van der Waals surface area contributed by atoms with Gasteiger partial charge in [0.25, 0.3) is 0 Å². The second kappa shape index (κ2) is 5.28. The summed E-state index contributed by atoms with van der Waals surface area (Å²) in [5.74, 6) is 4.40. The standard InChI is InChI=1S/C11H12N6O3/c12-7(11(18)19)8(6-4-2-1-3-5-6)17(14)10-9(13)15-20-16-10/h1-5H,12,14H2,(H2,13,15)(H,18,19)/b8-7-. The van der Waals surface area contributed by atoms with Crippen molar-refractivity contribution >= 4 is 23.3 Å². The Balaban J connectivity index is 2.57. The van der Waals surface area contributed by atoms with E-state index in [9.17, 15) is 4.79 Å². The van der Waals surface area contributed by atoms with Crippen molar-refractivity contribution in [3.05, 3.63) is 41.6 Å². The van der Waals surface area contributed by atoms with E-state index >= 15 is 0 Å². The first-order valence-electron chi connectivity index (χ1n) is 5.43. The normalized spacial score (nSPS) is 11.8. The van der Waals surface area contributed by atoms with Crippen LogP contribution in [0.2, 0.25) is 0 Å². The molecule has 2 aromatic rings. The highest BCUT2D eigenvalue weighted by atomic mass is 16.6. The molecule has 2 rings (SSSR count). The van der Waals surface area contributed by atoms with Crippen LogP contribution in [0.25, 0.3) is 5.70 Å². The Hall–Kier alpha value is -3.07. The van der Waals surface area contributed by atoms with Gasteiger partial charge in [0.2, 0.25) is 11.6 Å². The van der Waals surface area contributed by atoms with Crippen LogP contribution in [0.5, 0.6) is 0 Å². The number of benzene rings is 1. The largest absolute Gasteiger partial charge is 0.477 e. The Morgan fingerprint density at radius 3 is 2.40 bits per heavy atom. The van der Waals surface area contributed by atoms with Crippen molar-refractivity contribution in [2.45, 2.75) is 0 Å². The number of aromatic nitrogens is 2. The Kier molecular flexibility index (Phi) is 3.53. The maximum atomic E-state index is 11.1. The number of nitrogens with zero attached hydrogens (tertiary/aromatic N) is 3. The Morgan fingerprint density at radius 2 is 1.90 bits per heavy atom. The molecule has 104 valence electrons.